The van der Waals surface area contributed by atoms with Crippen molar-refractivity contribution in [3.63, 3.8) is 0 Å². The summed E-state index contributed by atoms with van der Waals surface area (Å²) in [7, 11) is 2.18. The smallest absolute Gasteiger partial charge is 0.0367 e. The molecule has 1 unspecified atom stereocenters. The summed E-state index contributed by atoms with van der Waals surface area (Å²) < 4.78 is 0. The van der Waals surface area contributed by atoms with E-state index in [2.05, 4.69) is 41.1 Å². The number of nitrogens with two attached hydrogens (primary N) is 1. The van der Waals surface area contributed by atoms with E-state index in [0.29, 0.717) is 0 Å². The van der Waals surface area contributed by atoms with Crippen LogP contribution in [0.5, 0.6) is 0 Å². The number of benzene rings is 1. The van der Waals surface area contributed by atoms with Crippen LogP contribution in [0.1, 0.15) is 12.5 Å². The zero-order valence-corrected chi connectivity index (χ0v) is 10.9. The van der Waals surface area contributed by atoms with E-state index in [1.54, 1.807) is 0 Å². The van der Waals surface area contributed by atoms with Gasteiger partial charge in [0.15, 0.2) is 0 Å². The molecule has 0 aliphatic carbocycles. The molecule has 0 radical (unpaired) electrons. The van der Waals surface area contributed by atoms with Crippen LogP contribution in [0.25, 0.3) is 0 Å². The third kappa shape index (κ3) is 3.45. The lowest BCUT2D eigenvalue weighted by molar-refractivity contribution is 0.313. The standard InChI is InChI=1S/C14H23N3/c1-12(15)11-13-3-5-14(6-4-13)17-9-7-16(2)8-10-17/h3-6,12H,7-11,15H2,1-2H3. The van der Waals surface area contributed by atoms with Gasteiger partial charge in [0.1, 0.15) is 0 Å². The quantitative estimate of drug-likeness (QED) is 0.855. The third-order valence-electron chi connectivity index (χ3n) is 3.36. The molecule has 1 saturated heterocycles. The number of hydrogen-bond acceptors (Lipinski definition) is 3. The number of hydrogen-bond donors (Lipinski definition) is 1. The molecule has 3 nitrogen and oxygen atoms in total. The summed E-state index contributed by atoms with van der Waals surface area (Å²) in [4.78, 5) is 4.83. The number of nitrogens with zero attached hydrogens (tertiary/aromatic N) is 2. The first kappa shape index (κ1) is 12.4. The average Bonchev–Trinajstić information content (AvgIpc) is 2.30. The maximum Gasteiger partial charge on any atom is 0.0367 e. The zero-order valence-electron chi connectivity index (χ0n) is 10.9. The van der Waals surface area contributed by atoms with Gasteiger partial charge in [-0.3, -0.25) is 0 Å². The molecule has 0 saturated carbocycles. The Kier molecular flexibility index (Phi) is 4.02. The van der Waals surface area contributed by atoms with Crippen LogP contribution in [0.4, 0.5) is 5.69 Å². The lowest BCUT2D eigenvalue weighted by atomic mass is 10.1. The van der Waals surface area contributed by atoms with Crippen LogP contribution >= 0.6 is 0 Å². The van der Waals surface area contributed by atoms with Gasteiger partial charge in [-0.15, -0.1) is 0 Å². The van der Waals surface area contributed by atoms with Gasteiger partial charge in [0.2, 0.25) is 0 Å². The fraction of sp³-hybridized carbons (Fsp3) is 0.571. The highest BCUT2D eigenvalue weighted by atomic mass is 15.2. The lowest BCUT2D eigenvalue weighted by Crippen LogP contribution is -2.44. The lowest BCUT2D eigenvalue weighted by Gasteiger charge is -2.34. The molecule has 94 valence electrons. The number of piperazine rings is 1. The van der Waals surface area contributed by atoms with Gasteiger partial charge in [-0.2, -0.15) is 0 Å². The van der Waals surface area contributed by atoms with E-state index >= 15 is 0 Å². The Bertz CT molecular complexity index is 337. The fourth-order valence-electron chi connectivity index (χ4n) is 2.28. The third-order valence-corrected chi connectivity index (χ3v) is 3.36. The van der Waals surface area contributed by atoms with E-state index in [9.17, 15) is 0 Å². The Hall–Kier alpha value is -1.06. The highest BCUT2D eigenvalue weighted by Gasteiger charge is 2.13. The van der Waals surface area contributed by atoms with E-state index in [-0.39, 0.29) is 6.04 Å². The van der Waals surface area contributed by atoms with Crippen molar-refractivity contribution in [2.24, 2.45) is 5.73 Å². The van der Waals surface area contributed by atoms with Crippen molar-refractivity contribution in [3.05, 3.63) is 29.8 Å². The number of likely N-dealkylation sites (N-methyl/N-ethyl adjacent to an activating group) is 1. The van der Waals surface area contributed by atoms with Crippen LogP contribution in [0.15, 0.2) is 24.3 Å². The molecule has 0 spiro atoms. The van der Waals surface area contributed by atoms with Crippen LogP contribution in [-0.2, 0) is 6.42 Å². The Morgan fingerprint density at radius 1 is 1.12 bits per heavy atom. The van der Waals surface area contributed by atoms with Crippen molar-refractivity contribution in [2.75, 3.05) is 38.1 Å². The molecule has 2 rings (SSSR count). The van der Waals surface area contributed by atoms with Crippen LogP contribution in [0.3, 0.4) is 0 Å². The van der Waals surface area contributed by atoms with Crippen molar-refractivity contribution < 1.29 is 0 Å². The van der Waals surface area contributed by atoms with Crippen molar-refractivity contribution >= 4 is 5.69 Å². The second-order valence-corrected chi connectivity index (χ2v) is 5.14. The molecule has 0 bridgehead atoms. The van der Waals surface area contributed by atoms with Gasteiger partial charge in [0, 0.05) is 37.9 Å². The largest absolute Gasteiger partial charge is 0.369 e. The summed E-state index contributed by atoms with van der Waals surface area (Å²) in [5, 5.41) is 0. The minimum atomic E-state index is 0.240. The molecule has 3 heteroatoms. The fourth-order valence-corrected chi connectivity index (χ4v) is 2.28. The second-order valence-electron chi connectivity index (χ2n) is 5.14. The first-order valence-corrected chi connectivity index (χ1v) is 6.43. The molecule has 2 N–H and O–H groups in total. The van der Waals surface area contributed by atoms with Crippen molar-refractivity contribution in [2.45, 2.75) is 19.4 Å². The van der Waals surface area contributed by atoms with E-state index in [0.717, 1.165) is 32.6 Å². The molecule has 17 heavy (non-hydrogen) atoms. The van der Waals surface area contributed by atoms with E-state index < -0.39 is 0 Å². The van der Waals surface area contributed by atoms with E-state index in [1.807, 2.05) is 6.92 Å². The topological polar surface area (TPSA) is 32.5 Å². The average molecular weight is 233 g/mol. The maximum atomic E-state index is 5.80. The minimum absolute atomic E-state index is 0.240. The Balaban J connectivity index is 1.97. The summed E-state index contributed by atoms with van der Waals surface area (Å²) in [5.74, 6) is 0. The van der Waals surface area contributed by atoms with Gasteiger partial charge in [0.25, 0.3) is 0 Å². The SMILES string of the molecule is CC(N)Cc1ccc(N2CCN(C)CC2)cc1. The molecule has 1 aliphatic heterocycles. The van der Waals surface area contributed by atoms with Crippen LogP contribution < -0.4 is 10.6 Å². The Morgan fingerprint density at radius 2 is 1.71 bits per heavy atom. The van der Waals surface area contributed by atoms with Gasteiger partial charge < -0.3 is 15.5 Å². The van der Waals surface area contributed by atoms with Crippen molar-refractivity contribution in [1.82, 2.24) is 4.90 Å². The number of rotatable bonds is 3. The highest BCUT2D eigenvalue weighted by molar-refractivity contribution is 5.48. The molecule has 1 atom stereocenters. The first-order chi connectivity index (χ1) is 8.15. The van der Waals surface area contributed by atoms with Gasteiger partial charge in [0.05, 0.1) is 0 Å². The van der Waals surface area contributed by atoms with Gasteiger partial charge >= 0.3 is 0 Å². The molecule has 1 aromatic carbocycles. The van der Waals surface area contributed by atoms with Gasteiger partial charge in [-0.1, -0.05) is 12.1 Å². The Labute approximate surface area is 104 Å². The predicted octanol–water partition coefficient (Wildman–Crippen LogP) is 1.33. The first-order valence-electron chi connectivity index (χ1n) is 6.43. The predicted molar refractivity (Wildman–Crippen MR) is 73.5 cm³/mol. The monoisotopic (exact) mass is 233 g/mol. The molecule has 1 fully saturated rings. The summed E-state index contributed by atoms with van der Waals surface area (Å²) >= 11 is 0. The summed E-state index contributed by atoms with van der Waals surface area (Å²) in [6.07, 6.45) is 0.961. The summed E-state index contributed by atoms with van der Waals surface area (Å²) in [5.41, 5.74) is 8.48. The normalized spacial score (nSPS) is 19.4. The Morgan fingerprint density at radius 3 is 2.24 bits per heavy atom. The van der Waals surface area contributed by atoms with Crippen LogP contribution in [0, 0.1) is 0 Å². The number of anilines is 1. The van der Waals surface area contributed by atoms with Crippen LogP contribution in [0.2, 0.25) is 0 Å². The summed E-state index contributed by atoms with van der Waals surface area (Å²) in [6, 6.07) is 9.10. The molecule has 1 heterocycles. The molecule has 0 amide bonds. The van der Waals surface area contributed by atoms with Gasteiger partial charge in [-0.05, 0) is 38.1 Å². The van der Waals surface area contributed by atoms with E-state index in [1.165, 1.54) is 11.3 Å². The molecular formula is C14H23N3. The molecular weight excluding hydrogens is 210 g/mol. The second kappa shape index (κ2) is 5.52. The van der Waals surface area contributed by atoms with Crippen molar-refractivity contribution in [3.8, 4) is 0 Å². The highest BCUT2D eigenvalue weighted by Crippen LogP contribution is 2.17. The molecule has 1 aromatic rings. The van der Waals surface area contributed by atoms with E-state index in [4.69, 9.17) is 5.73 Å². The zero-order chi connectivity index (χ0) is 12.3. The van der Waals surface area contributed by atoms with Gasteiger partial charge in [-0.25, -0.2) is 0 Å². The molecule has 0 aromatic heterocycles. The maximum absolute atomic E-state index is 5.80. The molecule has 1 aliphatic rings. The van der Waals surface area contributed by atoms with Crippen LogP contribution in [-0.4, -0.2) is 44.2 Å². The minimum Gasteiger partial charge on any atom is -0.369 e. The summed E-state index contributed by atoms with van der Waals surface area (Å²) in [6.45, 7) is 6.61. The van der Waals surface area contributed by atoms with Crippen molar-refractivity contribution in [1.29, 1.82) is 0 Å².